The number of unbranched alkanes of at least 4 members (excludes halogenated alkanes) is 7. The van der Waals surface area contributed by atoms with Crippen molar-refractivity contribution in [1.82, 2.24) is 9.13 Å². The standard InChI is InChI=1S/C18H32N4.2C9H11NO2/c1-19-13-15-21(17-19)11-9-7-5-3-4-6-8-10-12-22-16-14-20(2)18-22;2*10-8(9(11)12)6-7-4-2-1-3-5-7/h13-18H,3-12H2,1-2H3;2*1-5,8H,6,10H2,(H,11,12)/q+2;;/p-2/t;2*8-/m.00/s1. The maximum atomic E-state index is 10.3. The Kier molecular flexibility index (Phi) is 18.3. The number of benzene rings is 2. The van der Waals surface area contributed by atoms with Gasteiger partial charge >= 0.3 is 0 Å². The average molecular weight is 633 g/mol. The van der Waals surface area contributed by atoms with Gasteiger partial charge in [0.2, 0.25) is 12.7 Å². The fraction of sp³-hybridized carbons (Fsp3) is 0.444. The number of aryl methyl sites for hydroxylation is 4. The van der Waals surface area contributed by atoms with Gasteiger partial charge in [0.25, 0.3) is 0 Å². The molecule has 0 radical (unpaired) electrons. The number of carbonyl (C=O) groups is 2. The van der Waals surface area contributed by atoms with E-state index in [0.29, 0.717) is 12.8 Å². The molecule has 10 heteroatoms. The van der Waals surface area contributed by atoms with Crippen LogP contribution >= 0.6 is 0 Å². The minimum absolute atomic E-state index is 0.323. The van der Waals surface area contributed by atoms with E-state index in [1.807, 2.05) is 60.7 Å². The highest BCUT2D eigenvalue weighted by Crippen LogP contribution is 2.10. The van der Waals surface area contributed by atoms with Crippen molar-refractivity contribution in [2.45, 2.75) is 89.4 Å². The van der Waals surface area contributed by atoms with Crippen LogP contribution in [0.3, 0.4) is 0 Å². The van der Waals surface area contributed by atoms with Gasteiger partial charge in [0.15, 0.2) is 0 Å². The van der Waals surface area contributed by atoms with Crippen LogP contribution < -0.4 is 30.8 Å². The smallest absolute Gasteiger partial charge is 0.243 e. The molecule has 0 unspecified atom stereocenters. The zero-order valence-corrected chi connectivity index (χ0v) is 27.5. The molecule has 250 valence electrons. The van der Waals surface area contributed by atoms with Gasteiger partial charge in [-0.3, -0.25) is 0 Å². The molecule has 2 heterocycles. The fourth-order valence-electron chi connectivity index (χ4n) is 4.82. The van der Waals surface area contributed by atoms with Crippen LogP contribution in [0.15, 0.2) is 98.1 Å². The molecular weight excluding hydrogens is 580 g/mol. The average Bonchev–Trinajstić information content (AvgIpc) is 3.66. The van der Waals surface area contributed by atoms with Crippen LogP contribution in [-0.4, -0.2) is 33.2 Å². The van der Waals surface area contributed by atoms with Gasteiger partial charge in [0.05, 0.1) is 39.1 Å². The number of rotatable bonds is 17. The lowest BCUT2D eigenvalue weighted by molar-refractivity contribution is -0.671. The second-order valence-electron chi connectivity index (χ2n) is 11.7. The first-order chi connectivity index (χ1) is 22.1. The number of hydrogen-bond acceptors (Lipinski definition) is 6. The second kappa shape index (κ2) is 22.3. The predicted octanol–water partition coefficient (Wildman–Crippen LogP) is 1.37. The molecule has 0 bridgehead atoms. The molecule has 4 rings (SSSR count). The van der Waals surface area contributed by atoms with Crippen molar-refractivity contribution in [3.63, 3.8) is 0 Å². The first-order valence-electron chi connectivity index (χ1n) is 16.2. The zero-order chi connectivity index (χ0) is 33.6. The monoisotopic (exact) mass is 632 g/mol. The Bertz CT molecular complexity index is 1270. The Morgan fingerprint density at radius 1 is 0.609 bits per heavy atom. The lowest BCUT2D eigenvalue weighted by Gasteiger charge is -2.11. The van der Waals surface area contributed by atoms with Gasteiger partial charge in [-0.2, -0.15) is 0 Å². The largest absolute Gasteiger partial charge is 0.548 e. The Hall–Kier alpha value is -4.28. The van der Waals surface area contributed by atoms with Crippen molar-refractivity contribution in [1.29, 1.82) is 0 Å². The summed E-state index contributed by atoms with van der Waals surface area (Å²) in [6.07, 6.45) is 24.4. The topological polar surface area (TPSA) is 150 Å². The molecule has 0 saturated carbocycles. The summed E-state index contributed by atoms with van der Waals surface area (Å²) in [5, 5.41) is 20.5. The summed E-state index contributed by atoms with van der Waals surface area (Å²) in [6.45, 7) is 2.32. The number of aromatic nitrogens is 4. The summed E-state index contributed by atoms with van der Waals surface area (Å²) >= 11 is 0. The third kappa shape index (κ3) is 17.3. The van der Waals surface area contributed by atoms with Gasteiger partial charge in [-0.1, -0.05) is 86.3 Å². The summed E-state index contributed by atoms with van der Waals surface area (Å²) in [7, 11) is 4.15. The van der Waals surface area contributed by atoms with Crippen molar-refractivity contribution < 1.29 is 28.9 Å². The SMILES string of the molecule is C[n+]1ccn(CCCCCCCCCCn2cc[n+](C)c2)c1.N[C@@H](Cc1ccccc1)C(=O)[O-].N[C@@H](Cc1ccccc1)C(=O)[O-]. The van der Waals surface area contributed by atoms with E-state index >= 15 is 0 Å². The van der Waals surface area contributed by atoms with Crippen molar-refractivity contribution in [3.8, 4) is 0 Å². The molecule has 2 aromatic carbocycles. The quantitative estimate of drug-likeness (QED) is 0.133. The first kappa shape index (κ1) is 37.9. The molecular formula is C36H52N6O4. The van der Waals surface area contributed by atoms with Gasteiger partial charge < -0.3 is 31.3 Å². The van der Waals surface area contributed by atoms with Crippen LogP contribution in [0.1, 0.15) is 62.5 Å². The normalized spacial score (nSPS) is 11.8. The van der Waals surface area contributed by atoms with E-state index in [-0.39, 0.29) is 0 Å². The Balaban J connectivity index is 0.000000261. The number of carboxylic acid groups (broad SMARTS) is 2. The van der Waals surface area contributed by atoms with Crippen LogP contribution in [0.25, 0.3) is 0 Å². The van der Waals surface area contributed by atoms with E-state index in [0.717, 1.165) is 24.2 Å². The number of aliphatic carboxylic acids is 2. The number of hydrogen-bond donors (Lipinski definition) is 2. The van der Waals surface area contributed by atoms with Gasteiger partial charge in [-0.25, -0.2) is 18.3 Å². The number of nitrogens with two attached hydrogens (primary N) is 2. The number of carbonyl (C=O) groups excluding carboxylic acids is 2. The lowest BCUT2D eigenvalue weighted by Crippen LogP contribution is -2.43. The number of carboxylic acids is 2. The van der Waals surface area contributed by atoms with Crippen molar-refractivity contribution in [2.24, 2.45) is 25.6 Å². The molecule has 2 atom stereocenters. The summed E-state index contributed by atoms with van der Waals surface area (Å²) < 4.78 is 8.77. The Morgan fingerprint density at radius 3 is 1.22 bits per heavy atom. The van der Waals surface area contributed by atoms with Crippen LogP contribution in [0.2, 0.25) is 0 Å². The van der Waals surface area contributed by atoms with E-state index in [9.17, 15) is 19.8 Å². The molecule has 10 nitrogen and oxygen atoms in total. The van der Waals surface area contributed by atoms with Crippen molar-refractivity contribution in [2.75, 3.05) is 0 Å². The molecule has 46 heavy (non-hydrogen) atoms. The molecule has 4 aromatic rings. The summed E-state index contributed by atoms with van der Waals surface area (Å²) in [4.78, 5) is 20.5. The fourth-order valence-corrected chi connectivity index (χ4v) is 4.82. The van der Waals surface area contributed by atoms with E-state index in [1.165, 1.54) is 51.4 Å². The third-order valence-corrected chi connectivity index (χ3v) is 7.43. The minimum atomic E-state index is -1.21. The minimum Gasteiger partial charge on any atom is -0.548 e. The molecule has 2 aromatic heterocycles. The van der Waals surface area contributed by atoms with Gasteiger partial charge in [0, 0.05) is 12.1 Å². The van der Waals surface area contributed by atoms with Gasteiger partial charge in [-0.15, -0.1) is 0 Å². The van der Waals surface area contributed by atoms with E-state index in [2.05, 4.69) is 69.8 Å². The van der Waals surface area contributed by atoms with Crippen LogP contribution in [0.4, 0.5) is 0 Å². The molecule has 0 aliphatic carbocycles. The van der Waals surface area contributed by atoms with Gasteiger partial charge in [0.1, 0.15) is 24.8 Å². The highest BCUT2D eigenvalue weighted by Gasteiger charge is 2.04. The highest BCUT2D eigenvalue weighted by molar-refractivity contribution is 5.71. The molecule has 4 N–H and O–H groups in total. The maximum absolute atomic E-state index is 10.3. The molecule has 0 aliphatic rings. The Morgan fingerprint density at radius 2 is 0.935 bits per heavy atom. The zero-order valence-electron chi connectivity index (χ0n) is 27.5. The first-order valence-corrected chi connectivity index (χ1v) is 16.2. The number of nitrogens with zero attached hydrogens (tertiary/aromatic N) is 4. The maximum Gasteiger partial charge on any atom is 0.243 e. The van der Waals surface area contributed by atoms with E-state index in [4.69, 9.17) is 11.5 Å². The summed E-state index contributed by atoms with van der Waals surface area (Å²) in [5.74, 6) is -2.42. The van der Waals surface area contributed by atoms with Crippen LogP contribution in [-0.2, 0) is 49.6 Å². The van der Waals surface area contributed by atoms with Crippen molar-refractivity contribution in [3.05, 3.63) is 109 Å². The highest BCUT2D eigenvalue weighted by atomic mass is 16.4. The molecule has 0 amide bonds. The van der Waals surface area contributed by atoms with E-state index in [1.54, 1.807) is 0 Å². The predicted molar refractivity (Wildman–Crippen MR) is 174 cm³/mol. The third-order valence-electron chi connectivity index (χ3n) is 7.43. The number of imidazole rings is 2. The molecule has 0 fully saturated rings. The molecule has 0 saturated heterocycles. The molecule has 0 spiro atoms. The van der Waals surface area contributed by atoms with Gasteiger partial charge in [-0.05, 0) is 49.7 Å². The van der Waals surface area contributed by atoms with Crippen LogP contribution in [0, 0.1) is 0 Å². The lowest BCUT2D eigenvalue weighted by atomic mass is 10.1. The van der Waals surface area contributed by atoms with Crippen LogP contribution in [0.5, 0.6) is 0 Å². The molecule has 0 aliphatic heterocycles. The Labute approximate surface area is 273 Å². The summed E-state index contributed by atoms with van der Waals surface area (Å²) in [5.41, 5.74) is 12.4. The summed E-state index contributed by atoms with van der Waals surface area (Å²) in [6, 6.07) is 16.6. The second-order valence-corrected chi connectivity index (χ2v) is 11.7. The van der Waals surface area contributed by atoms with Crippen molar-refractivity contribution >= 4 is 11.9 Å². The van der Waals surface area contributed by atoms with E-state index < -0.39 is 24.0 Å².